The molecule has 0 aromatic carbocycles. The molecule has 0 atom stereocenters. The SMILES string of the molecule is CCOc1cc(CCC(=O)N2CCC(O)(Cn3ccc4ccncc43)CC2)on1. The van der Waals surface area contributed by atoms with Crippen molar-refractivity contribution in [1.29, 1.82) is 0 Å². The molecular weight excluding hydrogens is 372 g/mol. The van der Waals surface area contributed by atoms with Crippen molar-refractivity contribution in [2.75, 3.05) is 19.7 Å². The number of aliphatic hydroxyl groups is 1. The van der Waals surface area contributed by atoms with Crippen molar-refractivity contribution in [2.24, 2.45) is 0 Å². The molecule has 0 radical (unpaired) electrons. The van der Waals surface area contributed by atoms with E-state index in [0.29, 0.717) is 63.6 Å². The van der Waals surface area contributed by atoms with Gasteiger partial charge in [0.25, 0.3) is 5.88 Å². The summed E-state index contributed by atoms with van der Waals surface area (Å²) < 4.78 is 12.5. The van der Waals surface area contributed by atoms with Gasteiger partial charge in [0.05, 0.1) is 30.5 Å². The fourth-order valence-corrected chi connectivity index (χ4v) is 3.83. The number of rotatable bonds is 7. The molecule has 4 heterocycles. The van der Waals surface area contributed by atoms with E-state index in [1.807, 2.05) is 40.9 Å². The number of amides is 1. The van der Waals surface area contributed by atoms with Crippen molar-refractivity contribution in [1.82, 2.24) is 19.6 Å². The molecule has 1 N–H and O–H groups in total. The minimum absolute atomic E-state index is 0.0667. The van der Waals surface area contributed by atoms with Crippen LogP contribution in [0.2, 0.25) is 0 Å². The highest BCUT2D eigenvalue weighted by Gasteiger charge is 2.34. The lowest BCUT2D eigenvalue weighted by Gasteiger charge is -2.38. The zero-order chi connectivity index (χ0) is 20.3. The lowest BCUT2D eigenvalue weighted by molar-refractivity contribution is -0.135. The maximum Gasteiger partial charge on any atom is 0.254 e. The van der Waals surface area contributed by atoms with Crippen LogP contribution in [0, 0.1) is 0 Å². The van der Waals surface area contributed by atoms with Crippen LogP contribution in [0.4, 0.5) is 0 Å². The summed E-state index contributed by atoms with van der Waals surface area (Å²) in [5.74, 6) is 1.16. The zero-order valence-electron chi connectivity index (χ0n) is 16.6. The van der Waals surface area contributed by atoms with E-state index in [4.69, 9.17) is 9.26 Å². The molecule has 0 bridgehead atoms. The largest absolute Gasteiger partial charge is 0.476 e. The Hall–Kier alpha value is -2.87. The van der Waals surface area contributed by atoms with Crippen LogP contribution in [-0.2, 0) is 17.8 Å². The molecule has 3 aromatic heterocycles. The summed E-state index contributed by atoms with van der Waals surface area (Å²) in [6.45, 7) is 4.01. The molecule has 8 nitrogen and oxygen atoms in total. The molecule has 1 saturated heterocycles. The number of hydrogen-bond donors (Lipinski definition) is 1. The Morgan fingerprint density at radius 2 is 2.17 bits per heavy atom. The van der Waals surface area contributed by atoms with Gasteiger partial charge in [0.15, 0.2) is 0 Å². The summed E-state index contributed by atoms with van der Waals surface area (Å²) in [5, 5.41) is 16.0. The predicted octanol–water partition coefficient (Wildman–Crippen LogP) is 2.41. The second-order valence-corrected chi connectivity index (χ2v) is 7.55. The van der Waals surface area contributed by atoms with Gasteiger partial charge >= 0.3 is 0 Å². The van der Waals surface area contributed by atoms with Crippen LogP contribution >= 0.6 is 0 Å². The van der Waals surface area contributed by atoms with Crippen molar-refractivity contribution in [2.45, 2.75) is 44.8 Å². The summed E-state index contributed by atoms with van der Waals surface area (Å²) in [6.07, 6.45) is 7.51. The Kier molecular flexibility index (Phi) is 5.53. The van der Waals surface area contributed by atoms with E-state index in [1.54, 1.807) is 12.3 Å². The molecule has 4 rings (SSSR count). The summed E-state index contributed by atoms with van der Waals surface area (Å²) in [7, 11) is 0. The molecule has 154 valence electrons. The number of pyridine rings is 1. The average molecular weight is 398 g/mol. The van der Waals surface area contributed by atoms with E-state index in [2.05, 4.69) is 10.1 Å². The number of aromatic nitrogens is 3. The normalized spacial score (nSPS) is 16.3. The van der Waals surface area contributed by atoms with Crippen LogP contribution < -0.4 is 4.74 Å². The van der Waals surface area contributed by atoms with Crippen molar-refractivity contribution in [3.05, 3.63) is 42.5 Å². The van der Waals surface area contributed by atoms with Crippen LogP contribution in [0.15, 0.2) is 41.3 Å². The number of likely N-dealkylation sites (tertiary alicyclic amines) is 1. The summed E-state index contributed by atoms with van der Waals surface area (Å²) in [5.41, 5.74) is 0.188. The van der Waals surface area contributed by atoms with Crippen LogP contribution in [-0.4, -0.2) is 55.9 Å². The van der Waals surface area contributed by atoms with E-state index in [-0.39, 0.29) is 5.91 Å². The molecule has 0 unspecified atom stereocenters. The second-order valence-electron chi connectivity index (χ2n) is 7.55. The van der Waals surface area contributed by atoms with Gasteiger partial charge < -0.3 is 23.8 Å². The van der Waals surface area contributed by atoms with Gasteiger partial charge in [0.1, 0.15) is 5.76 Å². The lowest BCUT2D eigenvalue weighted by Crippen LogP contribution is -2.48. The first-order chi connectivity index (χ1) is 14.1. The highest BCUT2D eigenvalue weighted by molar-refractivity contribution is 5.79. The summed E-state index contributed by atoms with van der Waals surface area (Å²) in [6, 6.07) is 5.71. The van der Waals surface area contributed by atoms with Gasteiger partial charge in [0, 0.05) is 49.8 Å². The molecule has 1 amide bonds. The molecule has 8 heteroatoms. The quantitative estimate of drug-likeness (QED) is 0.657. The highest BCUT2D eigenvalue weighted by Crippen LogP contribution is 2.27. The molecule has 0 spiro atoms. The maximum atomic E-state index is 12.5. The Morgan fingerprint density at radius 1 is 1.34 bits per heavy atom. The standard InChI is InChI=1S/C21H26N4O4/c1-2-28-19-13-17(29-23-19)3-4-20(26)24-11-7-21(27,8-12-24)15-25-10-6-16-5-9-22-14-18(16)25/h5-6,9-10,13-14,27H,2-4,7-8,11-12,15H2,1H3. The Morgan fingerprint density at radius 3 is 2.97 bits per heavy atom. The number of carbonyl (C=O) groups excluding carboxylic acids is 1. The summed E-state index contributed by atoms with van der Waals surface area (Å²) in [4.78, 5) is 18.5. The number of hydrogen-bond acceptors (Lipinski definition) is 6. The fraction of sp³-hybridized carbons (Fsp3) is 0.476. The molecule has 1 aliphatic rings. The first-order valence-corrected chi connectivity index (χ1v) is 10.0. The van der Waals surface area contributed by atoms with Crippen molar-refractivity contribution in [3.63, 3.8) is 0 Å². The molecule has 1 fully saturated rings. The molecule has 29 heavy (non-hydrogen) atoms. The predicted molar refractivity (Wildman–Crippen MR) is 106 cm³/mol. The van der Waals surface area contributed by atoms with Gasteiger partial charge in [-0.2, -0.15) is 0 Å². The third kappa shape index (κ3) is 4.42. The molecular formula is C21H26N4O4. The van der Waals surface area contributed by atoms with Gasteiger partial charge in [-0.05, 0) is 37.1 Å². The van der Waals surface area contributed by atoms with Crippen LogP contribution in [0.25, 0.3) is 10.9 Å². The number of carbonyl (C=O) groups is 1. The maximum absolute atomic E-state index is 12.5. The first kappa shape index (κ1) is 19.4. The van der Waals surface area contributed by atoms with E-state index >= 15 is 0 Å². The highest BCUT2D eigenvalue weighted by atomic mass is 16.5. The topological polar surface area (TPSA) is 93.6 Å². The molecule has 0 aliphatic carbocycles. The third-order valence-corrected chi connectivity index (χ3v) is 5.50. The van der Waals surface area contributed by atoms with Crippen LogP contribution in [0.3, 0.4) is 0 Å². The fourth-order valence-electron chi connectivity index (χ4n) is 3.83. The average Bonchev–Trinajstić information content (AvgIpc) is 3.34. The van der Waals surface area contributed by atoms with E-state index < -0.39 is 5.60 Å². The minimum Gasteiger partial charge on any atom is -0.476 e. The number of piperidine rings is 1. The van der Waals surface area contributed by atoms with Crippen molar-refractivity contribution in [3.8, 4) is 5.88 Å². The van der Waals surface area contributed by atoms with Gasteiger partial charge in [-0.15, -0.1) is 0 Å². The second kappa shape index (κ2) is 8.24. The van der Waals surface area contributed by atoms with E-state index in [1.165, 1.54) is 0 Å². The van der Waals surface area contributed by atoms with Gasteiger partial charge in [-0.25, -0.2) is 0 Å². The van der Waals surface area contributed by atoms with E-state index in [0.717, 1.165) is 10.9 Å². The first-order valence-electron chi connectivity index (χ1n) is 10.0. The Bertz CT molecular complexity index is 972. The number of fused-ring (bicyclic) bond motifs is 1. The number of ether oxygens (including phenoxy) is 1. The zero-order valence-corrected chi connectivity index (χ0v) is 16.6. The lowest BCUT2D eigenvalue weighted by atomic mass is 9.91. The minimum atomic E-state index is -0.824. The Balaban J connectivity index is 1.29. The van der Waals surface area contributed by atoms with Gasteiger partial charge in [-0.1, -0.05) is 0 Å². The summed E-state index contributed by atoms with van der Waals surface area (Å²) >= 11 is 0. The monoisotopic (exact) mass is 398 g/mol. The smallest absolute Gasteiger partial charge is 0.254 e. The Labute approximate surface area is 169 Å². The third-order valence-electron chi connectivity index (χ3n) is 5.50. The van der Waals surface area contributed by atoms with Gasteiger partial charge in [0.2, 0.25) is 5.91 Å². The molecule has 0 saturated carbocycles. The van der Waals surface area contributed by atoms with Crippen LogP contribution in [0.5, 0.6) is 5.88 Å². The number of nitrogens with zero attached hydrogens (tertiary/aromatic N) is 4. The van der Waals surface area contributed by atoms with Crippen molar-refractivity contribution < 1.29 is 19.2 Å². The molecule has 1 aliphatic heterocycles. The molecule has 3 aromatic rings. The number of aryl methyl sites for hydroxylation is 1. The van der Waals surface area contributed by atoms with Crippen molar-refractivity contribution >= 4 is 16.8 Å². The van der Waals surface area contributed by atoms with Gasteiger partial charge in [-0.3, -0.25) is 9.78 Å². The van der Waals surface area contributed by atoms with Crippen LogP contribution in [0.1, 0.15) is 31.9 Å². The van der Waals surface area contributed by atoms with E-state index in [9.17, 15) is 9.90 Å².